The number of carbonyl (C=O) groups excluding carboxylic acids is 3. The van der Waals surface area contributed by atoms with E-state index in [1.54, 1.807) is 18.2 Å². The molecule has 2 aromatic carbocycles. The third kappa shape index (κ3) is 6.14. The van der Waals surface area contributed by atoms with Gasteiger partial charge < -0.3 is 14.8 Å². The van der Waals surface area contributed by atoms with Crippen molar-refractivity contribution in [3.8, 4) is 0 Å². The molecule has 27 heavy (non-hydrogen) atoms. The maximum absolute atomic E-state index is 12.0. The molecule has 0 aliphatic heterocycles. The minimum absolute atomic E-state index is 0.107. The van der Waals surface area contributed by atoms with Crippen molar-refractivity contribution in [2.45, 2.75) is 18.7 Å². The van der Waals surface area contributed by atoms with Crippen LogP contribution < -0.4 is 5.32 Å². The number of ether oxygens (including phenoxy) is 2. The first-order valence-corrected chi connectivity index (χ1v) is 9.22. The predicted molar refractivity (Wildman–Crippen MR) is 104 cm³/mol. The molecule has 0 aliphatic rings. The zero-order chi connectivity index (χ0) is 19.8. The van der Waals surface area contributed by atoms with E-state index in [9.17, 15) is 14.4 Å². The first-order valence-electron chi connectivity index (χ1n) is 8.23. The zero-order valence-electron chi connectivity index (χ0n) is 15.4. The molecular formula is C20H21NO5S. The second-order valence-electron chi connectivity index (χ2n) is 5.80. The fourth-order valence-corrected chi connectivity index (χ4v) is 3.16. The molecule has 0 heterocycles. The van der Waals surface area contributed by atoms with E-state index in [0.29, 0.717) is 5.69 Å². The lowest BCUT2D eigenvalue weighted by Crippen LogP contribution is -2.22. The summed E-state index contributed by atoms with van der Waals surface area (Å²) < 4.78 is 9.67. The van der Waals surface area contributed by atoms with Gasteiger partial charge in [-0.25, -0.2) is 4.79 Å². The van der Waals surface area contributed by atoms with E-state index in [1.807, 2.05) is 32.0 Å². The van der Waals surface area contributed by atoms with Crippen LogP contribution in [0.2, 0.25) is 0 Å². The molecule has 2 rings (SSSR count). The van der Waals surface area contributed by atoms with E-state index in [2.05, 4.69) is 10.1 Å². The van der Waals surface area contributed by atoms with Crippen molar-refractivity contribution in [2.24, 2.45) is 0 Å². The maximum atomic E-state index is 12.0. The van der Waals surface area contributed by atoms with E-state index in [1.165, 1.54) is 24.9 Å². The van der Waals surface area contributed by atoms with Gasteiger partial charge in [0.15, 0.2) is 6.61 Å². The Balaban J connectivity index is 1.83. The summed E-state index contributed by atoms with van der Waals surface area (Å²) in [7, 11) is 1.26. The van der Waals surface area contributed by atoms with Gasteiger partial charge in [-0.3, -0.25) is 9.59 Å². The van der Waals surface area contributed by atoms with Gasteiger partial charge in [0.1, 0.15) is 0 Å². The highest BCUT2D eigenvalue weighted by molar-refractivity contribution is 8.00. The monoisotopic (exact) mass is 387 g/mol. The second-order valence-corrected chi connectivity index (χ2v) is 6.82. The van der Waals surface area contributed by atoms with Crippen LogP contribution in [0.15, 0.2) is 47.4 Å². The first-order chi connectivity index (χ1) is 12.9. The number of nitrogens with one attached hydrogen (secondary N) is 1. The van der Waals surface area contributed by atoms with Crippen molar-refractivity contribution in [2.75, 3.05) is 24.8 Å². The number of methoxy groups -OCH3 is 1. The third-order valence-electron chi connectivity index (χ3n) is 3.65. The van der Waals surface area contributed by atoms with Gasteiger partial charge in [-0.15, -0.1) is 11.8 Å². The van der Waals surface area contributed by atoms with Crippen molar-refractivity contribution < 1.29 is 23.9 Å². The number of esters is 2. The van der Waals surface area contributed by atoms with Crippen LogP contribution in [-0.4, -0.2) is 37.3 Å². The highest BCUT2D eigenvalue weighted by atomic mass is 32.2. The second kappa shape index (κ2) is 9.78. The molecule has 0 saturated carbocycles. The number of hydrogen-bond acceptors (Lipinski definition) is 6. The molecule has 1 amide bonds. The number of amides is 1. The van der Waals surface area contributed by atoms with Gasteiger partial charge in [-0.05, 0) is 37.6 Å². The number of rotatable bonds is 7. The minimum Gasteiger partial charge on any atom is -0.465 e. The number of hydrogen-bond donors (Lipinski definition) is 1. The summed E-state index contributed by atoms with van der Waals surface area (Å²) in [4.78, 5) is 36.6. The highest BCUT2D eigenvalue weighted by Crippen LogP contribution is 2.23. The van der Waals surface area contributed by atoms with Crippen molar-refractivity contribution in [3.05, 3.63) is 59.2 Å². The van der Waals surface area contributed by atoms with Crippen LogP contribution >= 0.6 is 11.8 Å². The van der Waals surface area contributed by atoms with Gasteiger partial charge in [0, 0.05) is 4.90 Å². The Morgan fingerprint density at radius 1 is 1.07 bits per heavy atom. The van der Waals surface area contributed by atoms with Crippen LogP contribution in [0, 0.1) is 13.8 Å². The minimum atomic E-state index is -0.562. The van der Waals surface area contributed by atoms with E-state index in [0.717, 1.165) is 16.0 Å². The van der Waals surface area contributed by atoms with Crippen LogP contribution in [0.1, 0.15) is 21.5 Å². The van der Waals surface area contributed by atoms with Gasteiger partial charge in [-0.1, -0.05) is 29.8 Å². The molecule has 0 atom stereocenters. The molecule has 6 nitrogen and oxygen atoms in total. The Hall–Kier alpha value is -2.80. The molecule has 0 bridgehead atoms. The summed E-state index contributed by atoms with van der Waals surface area (Å²) in [6.07, 6.45) is 0. The van der Waals surface area contributed by atoms with E-state index in [4.69, 9.17) is 4.74 Å². The van der Waals surface area contributed by atoms with Gasteiger partial charge in [0.05, 0.1) is 24.1 Å². The van der Waals surface area contributed by atoms with E-state index < -0.39 is 24.5 Å². The van der Waals surface area contributed by atoms with Crippen LogP contribution in [0.25, 0.3) is 0 Å². The largest absolute Gasteiger partial charge is 0.465 e. The molecule has 1 N–H and O–H groups in total. The molecule has 0 aliphatic carbocycles. The van der Waals surface area contributed by atoms with Crippen LogP contribution in [-0.2, 0) is 19.1 Å². The molecule has 2 aromatic rings. The molecule has 0 unspecified atom stereocenters. The van der Waals surface area contributed by atoms with Crippen molar-refractivity contribution in [1.29, 1.82) is 0 Å². The summed E-state index contributed by atoms with van der Waals surface area (Å²) in [5, 5.41) is 2.55. The topological polar surface area (TPSA) is 81.7 Å². The average Bonchev–Trinajstić information content (AvgIpc) is 2.65. The number of carbonyl (C=O) groups is 3. The summed E-state index contributed by atoms with van der Waals surface area (Å²) in [6, 6.07) is 12.4. The van der Waals surface area contributed by atoms with Crippen molar-refractivity contribution in [3.63, 3.8) is 0 Å². The van der Waals surface area contributed by atoms with Gasteiger partial charge in [0.2, 0.25) is 0 Å². The zero-order valence-corrected chi connectivity index (χ0v) is 16.2. The van der Waals surface area contributed by atoms with E-state index >= 15 is 0 Å². The number of benzene rings is 2. The predicted octanol–water partition coefficient (Wildman–Crippen LogP) is 3.36. The van der Waals surface area contributed by atoms with Crippen LogP contribution in [0.4, 0.5) is 5.69 Å². The number of para-hydroxylation sites is 1. The third-order valence-corrected chi connectivity index (χ3v) is 4.80. The van der Waals surface area contributed by atoms with E-state index in [-0.39, 0.29) is 11.3 Å². The molecule has 142 valence electrons. The summed E-state index contributed by atoms with van der Waals surface area (Å²) in [6.45, 7) is 3.56. The molecule has 0 aromatic heterocycles. The Morgan fingerprint density at radius 2 is 1.81 bits per heavy atom. The Kier molecular flexibility index (Phi) is 7.43. The van der Waals surface area contributed by atoms with Gasteiger partial charge in [0.25, 0.3) is 5.91 Å². The fraction of sp³-hybridized carbons (Fsp3) is 0.250. The Morgan fingerprint density at radius 3 is 2.52 bits per heavy atom. The molecule has 0 saturated heterocycles. The summed E-state index contributed by atoms with van der Waals surface area (Å²) >= 11 is 1.36. The normalized spacial score (nSPS) is 10.2. The summed E-state index contributed by atoms with van der Waals surface area (Å²) in [5.74, 6) is -1.48. The molecule has 0 fully saturated rings. The average molecular weight is 387 g/mol. The molecular weight excluding hydrogens is 366 g/mol. The summed E-state index contributed by atoms with van der Waals surface area (Å²) in [5.41, 5.74) is 2.77. The fourth-order valence-electron chi connectivity index (χ4n) is 2.35. The lowest BCUT2D eigenvalue weighted by molar-refractivity contribution is -0.144. The molecule has 7 heteroatoms. The SMILES string of the molecule is COC(=O)c1ccccc1NC(=O)COC(=O)CSc1ccc(C)cc1C. The first kappa shape index (κ1) is 20.5. The van der Waals surface area contributed by atoms with Crippen molar-refractivity contribution in [1.82, 2.24) is 0 Å². The molecule has 0 spiro atoms. The number of thioether (sulfide) groups is 1. The van der Waals surface area contributed by atoms with Crippen LogP contribution in [0.3, 0.4) is 0 Å². The standard InChI is InChI=1S/C20H21NO5S/c1-13-8-9-17(14(2)10-13)27-12-19(23)26-11-18(22)21-16-7-5-4-6-15(16)20(24)25-3/h4-10H,11-12H2,1-3H3,(H,21,22). The Bertz CT molecular complexity index is 850. The van der Waals surface area contributed by atoms with Gasteiger partial charge in [-0.2, -0.15) is 0 Å². The van der Waals surface area contributed by atoms with Gasteiger partial charge >= 0.3 is 11.9 Å². The van der Waals surface area contributed by atoms with Crippen molar-refractivity contribution >= 4 is 35.3 Å². The highest BCUT2D eigenvalue weighted by Gasteiger charge is 2.14. The lowest BCUT2D eigenvalue weighted by Gasteiger charge is -2.10. The number of anilines is 1. The van der Waals surface area contributed by atoms with Crippen LogP contribution in [0.5, 0.6) is 0 Å². The molecule has 0 radical (unpaired) electrons. The Labute approximate surface area is 162 Å². The quantitative estimate of drug-likeness (QED) is 0.579. The lowest BCUT2D eigenvalue weighted by atomic mass is 10.2. The maximum Gasteiger partial charge on any atom is 0.339 e. The smallest absolute Gasteiger partial charge is 0.339 e. The number of aryl methyl sites for hydroxylation is 2.